The third-order valence-electron chi connectivity index (χ3n) is 4.51. The van der Waals surface area contributed by atoms with Gasteiger partial charge in [0.2, 0.25) is 0 Å². The van der Waals surface area contributed by atoms with Crippen LogP contribution in [0.5, 0.6) is 0 Å². The van der Waals surface area contributed by atoms with E-state index in [1.54, 1.807) is 24.3 Å². The molecule has 7 nitrogen and oxygen atoms in total. The van der Waals surface area contributed by atoms with Gasteiger partial charge < -0.3 is 20.5 Å². The summed E-state index contributed by atoms with van der Waals surface area (Å²) in [5.41, 5.74) is 0.0439. The number of aliphatic carboxylic acids is 1. The summed E-state index contributed by atoms with van der Waals surface area (Å²) in [5, 5.41) is 14.9. The second-order valence-corrected chi connectivity index (χ2v) is 8.24. The Bertz CT molecular complexity index is 685. The van der Waals surface area contributed by atoms with Crippen molar-refractivity contribution < 1.29 is 24.2 Å². The van der Waals surface area contributed by atoms with Gasteiger partial charge in [-0.25, -0.2) is 0 Å². The van der Waals surface area contributed by atoms with Crippen LogP contribution in [0.4, 0.5) is 0 Å². The highest BCUT2D eigenvalue weighted by atomic mass is 16.5. The van der Waals surface area contributed by atoms with Crippen molar-refractivity contribution in [2.75, 3.05) is 19.8 Å². The average molecular weight is 376 g/mol. The van der Waals surface area contributed by atoms with Gasteiger partial charge in [0.25, 0.3) is 11.8 Å². The van der Waals surface area contributed by atoms with Crippen LogP contribution < -0.4 is 10.6 Å². The first-order valence-corrected chi connectivity index (χ1v) is 9.11. The number of nitrogens with one attached hydrogen (secondary N) is 2. The molecule has 1 aliphatic heterocycles. The molecule has 1 heterocycles. The van der Waals surface area contributed by atoms with Crippen LogP contribution in [0, 0.1) is 5.41 Å². The first-order chi connectivity index (χ1) is 12.6. The Morgan fingerprint density at radius 1 is 1.04 bits per heavy atom. The molecule has 148 valence electrons. The Morgan fingerprint density at radius 3 is 2.04 bits per heavy atom. The van der Waals surface area contributed by atoms with Crippen molar-refractivity contribution in [3.63, 3.8) is 0 Å². The molecule has 0 saturated carbocycles. The van der Waals surface area contributed by atoms with E-state index in [0.717, 1.165) is 0 Å². The quantitative estimate of drug-likeness (QED) is 0.706. The number of hydrogen-bond acceptors (Lipinski definition) is 4. The van der Waals surface area contributed by atoms with Crippen molar-refractivity contribution in [2.24, 2.45) is 5.41 Å². The smallest absolute Gasteiger partial charge is 0.305 e. The van der Waals surface area contributed by atoms with Crippen LogP contribution in [0.2, 0.25) is 0 Å². The van der Waals surface area contributed by atoms with Crippen LogP contribution in [0.3, 0.4) is 0 Å². The number of carbonyl (C=O) groups excluding carboxylic acids is 2. The molecule has 1 saturated heterocycles. The van der Waals surface area contributed by atoms with Gasteiger partial charge in [-0.3, -0.25) is 14.4 Å². The molecule has 0 bridgehead atoms. The SMILES string of the molecule is CC(C)(C)CNC(=O)c1ccc(C(=O)NC2(CC(=O)O)CCOCC2)cc1. The highest BCUT2D eigenvalue weighted by Crippen LogP contribution is 2.25. The van der Waals surface area contributed by atoms with Gasteiger partial charge in [-0.1, -0.05) is 20.8 Å². The molecule has 0 aliphatic carbocycles. The van der Waals surface area contributed by atoms with Gasteiger partial charge in [-0.2, -0.15) is 0 Å². The van der Waals surface area contributed by atoms with E-state index < -0.39 is 11.5 Å². The Morgan fingerprint density at radius 2 is 1.56 bits per heavy atom. The van der Waals surface area contributed by atoms with Gasteiger partial charge >= 0.3 is 5.97 Å². The zero-order chi connectivity index (χ0) is 20.1. The fourth-order valence-electron chi connectivity index (χ4n) is 2.93. The molecule has 0 aromatic heterocycles. The number of carboxylic acids is 1. The predicted octanol–water partition coefficient (Wildman–Crippen LogP) is 2.22. The summed E-state index contributed by atoms with van der Waals surface area (Å²) in [6.45, 7) is 7.48. The number of amides is 2. The predicted molar refractivity (Wildman–Crippen MR) is 101 cm³/mol. The molecular weight excluding hydrogens is 348 g/mol. The Hall–Kier alpha value is -2.41. The lowest BCUT2D eigenvalue weighted by Gasteiger charge is -2.36. The van der Waals surface area contributed by atoms with Crippen LogP contribution in [-0.2, 0) is 9.53 Å². The molecule has 1 aliphatic rings. The molecule has 0 atom stereocenters. The molecule has 0 unspecified atom stereocenters. The van der Waals surface area contributed by atoms with Crippen LogP contribution in [-0.4, -0.2) is 48.2 Å². The number of carbonyl (C=O) groups is 3. The standard InChI is InChI=1S/C20H28N2O5/c1-19(2,3)13-21-17(25)14-4-6-15(7-5-14)18(26)22-20(12-16(23)24)8-10-27-11-9-20/h4-7H,8-13H2,1-3H3,(H,21,25)(H,22,26)(H,23,24). The van der Waals surface area contributed by atoms with Crippen molar-refractivity contribution in [3.8, 4) is 0 Å². The molecule has 0 radical (unpaired) electrons. The summed E-state index contributed by atoms with van der Waals surface area (Å²) >= 11 is 0. The van der Waals surface area contributed by atoms with Crippen LogP contribution in [0.1, 0.15) is 60.7 Å². The summed E-state index contributed by atoms with van der Waals surface area (Å²) in [6.07, 6.45) is 0.770. The number of benzene rings is 1. The summed E-state index contributed by atoms with van der Waals surface area (Å²) in [5.74, 6) is -1.49. The Balaban J connectivity index is 2.03. The highest BCUT2D eigenvalue weighted by molar-refractivity contribution is 5.98. The fraction of sp³-hybridized carbons (Fsp3) is 0.550. The largest absolute Gasteiger partial charge is 0.481 e. The minimum Gasteiger partial charge on any atom is -0.481 e. The molecule has 27 heavy (non-hydrogen) atoms. The molecule has 0 spiro atoms. The van der Waals surface area contributed by atoms with Crippen LogP contribution >= 0.6 is 0 Å². The summed E-state index contributed by atoms with van der Waals surface area (Å²) in [4.78, 5) is 36.0. The van der Waals surface area contributed by atoms with Gasteiger partial charge in [-0.15, -0.1) is 0 Å². The monoisotopic (exact) mass is 376 g/mol. The highest BCUT2D eigenvalue weighted by Gasteiger charge is 2.36. The van der Waals surface area contributed by atoms with Crippen molar-refractivity contribution in [1.82, 2.24) is 10.6 Å². The topological polar surface area (TPSA) is 105 Å². The minimum atomic E-state index is -0.955. The van der Waals surface area contributed by atoms with Gasteiger partial charge in [0, 0.05) is 30.9 Å². The first-order valence-electron chi connectivity index (χ1n) is 9.11. The zero-order valence-corrected chi connectivity index (χ0v) is 16.1. The van der Waals surface area contributed by atoms with Crippen molar-refractivity contribution in [2.45, 2.75) is 45.6 Å². The zero-order valence-electron chi connectivity index (χ0n) is 16.1. The molecule has 2 amide bonds. The lowest BCUT2D eigenvalue weighted by atomic mass is 9.86. The second kappa shape index (κ2) is 8.52. The average Bonchev–Trinajstić information content (AvgIpc) is 2.59. The van der Waals surface area contributed by atoms with Crippen molar-refractivity contribution >= 4 is 17.8 Å². The molecule has 3 N–H and O–H groups in total. The molecule has 1 aromatic rings. The van der Waals surface area contributed by atoms with E-state index in [-0.39, 0.29) is 23.7 Å². The summed E-state index contributed by atoms with van der Waals surface area (Å²) < 4.78 is 5.29. The van der Waals surface area contributed by atoms with Crippen LogP contribution in [0.15, 0.2) is 24.3 Å². The van der Waals surface area contributed by atoms with E-state index in [2.05, 4.69) is 10.6 Å². The van der Waals surface area contributed by atoms with Gasteiger partial charge in [0.15, 0.2) is 0 Å². The van der Waals surface area contributed by atoms with E-state index >= 15 is 0 Å². The van der Waals surface area contributed by atoms with Gasteiger partial charge in [0.1, 0.15) is 0 Å². The van der Waals surface area contributed by atoms with E-state index in [9.17, 15) is 19.5 Å². The summed E-state index contributed by atoms with van der Waals surface area (Å²) in [7, 11) is 0. The number of rotatable bonds is 6. The van der Waals surface area contributed by atoms with Crippen molar-refractivity contribution in [1.29, 1.82) is 0 Å². The normalized spacial score (nSPS) is 16.4. The van der Waals surface area contributed by atoms with Crippen molar-refractivity contribution in [3.05, 3.63) is 35.4 Å². The number of carboxylic acid groups (broad SMARTS) is 1. The second-order valence-electron chi connectivity index (χ2n) is 8.24. The third-order valence-corrected chi connectivity index (χ3v) is 4.51. The van der Waals surface area contributed by atoms with E-state index in [0.29, 0.717) is 43.7 Å². The maximum atomic E-state index is 12.6. The van der Waals surface area contributed by atoms with E-state index in [4.69, 9.17) is 4.74 Å². The molecule has 2 rings (SSSR count). The van der Waals surface area contributed by atoms with E-state index in [1.807, 2.05) is 20.8 Å². The number of hydrogen-bond donors (Lipinski definition) is 3. The van der Waals surface area contributed by atoms with Crippen LogP contribution in [0.25, 0.3) is 0 Å². The summed E-state index contributed by atoms with van der Waals surface area (Å²) in [6, 6.07) is 6.35. The molecule has 7 heteroatoms. The van der Waals surface area contributed by atoms with E-state index in [1.165, 1.54) is 0 Å². The fourth-order valence-corrected chi connectivity index (χ4v) is 2.93. The molecule has 1 fully saturated rings. The number of ether oxygens (including phenoxy) is 1. The molecule has 1 aromatic carbocycles. The maximum absolute atomic E-state index is 12.6. The van der Waals surface area contributed by atoms with Gasteiger partial charge in [-0.05, 0) is 42.5 Å². The van der Waals surface area contributed by atoms with Gasteiger partial charge in [0.05, 0.1) is 12.0 Å². The molecular formula is C20H28N2O5. The third kappa shape index (κ3) is 6.36. The lowest BCUT2D eigenvalue weighted by molar-refractivity contribution is -0.139. The Labute approximate surface area is 159 Å². The maximum Gasteiger partial charge on any atom is 0.305 e. The lowest BCUT2D eigenvalue weighted by Crippen LogP contribution is -2.53. The Kier molecular flexibility index (Phi) is 6.59. The minimum absolute atomic E-state index is 0.0162. The first kappa shape index (κ1) is 20.9.